The predicted octanol–water partition coefficient (Wildman–Crippen LogP) is 1.56. The molecule has 0 saturated carbocycles. The van der Waals surface area contributed by atoms with Gasteiger partial charge in [0, 0.05) is 16.8 Å². The van der Waals surface area contributed by atoms with Crippen LogP contribution in [0.25, 0.3) is 5.69 Å². The molecule has 2 N–H and O–H groups in total. The first-order valence-corrected chi connectivity index (χ1v) is 6.96. The molecule has 2 aromatic heterocycles. The van der Waals surface area contributed by atoms with Crippen molar-refractivity contribution in [3.8, 4) is 5.69 Å². The number of nitrogens with zero attached hydrogens (tertiary/aromatic N) is 4. The number of carbonyl (C=O) groups excluding carboxylic acids is 1. The van der Waals surface area contributed by atoms with Crippen molar-refractivity contribution in [1.82, 2.24) is 25.0 Å². The van der Waals surface area contributed by atoms with E-state index in [1.807, 2.05) is 0 Å². The Bertz CT molecular complexity index is 902. The van der Waals surface area contributed by atoms with Crippen LogP contribution < -0.4 is 10.7 Å². The van der Waals surface area contributed by atoms with E-state index in [1.54, 1.807) is 31.2 Å². The molecule has 3 rings (SSSR count). The highest BCUT2D eigenvalue weighted by Crippen LogP contribution is 2.13. The number of aromatic amines is 1. The van der Waals surface area contributed by atoms with Gasteiger partial charge in [0.2, 0.25) is 11.4 Å². The summed E-state index contributed by atoms with van der Waals surface area (Å²) in [7, 11) is 0. The Kier molecular flexibility index (Phi) is 3.90. The molecule has 3 aromatic rings. The summed E-state index contributed by atoms with van der Waals surface area (Å²) in [6, 6.07) is 8.22. The molecule has 0 bridgehead atoms. The summed E-state index contributed by atoms with van der Waals surface area (Å²) in [4.78, 5) is 28.0. The minimum Gasteiger partial charge on any atom is -0.289 e. The van der Waals surface area contributed by atoms with Crippen LogP contribution in [0.2, 0.25) is 5.02 Å². The summed E-state index contributed by atoms with van der Waals surface area (Å²) in [5, 5.41) is 13.2. The molecule has 2 heterocycles. The first-order chi connectivity index (χ1) is 11.0. The van der Waals surface area contributed by atoms with E-state index in [2.05, 4.69) is 25.6 Å². The molecule has 0 radical (unpaired) electrons. The lowest BCUT2D eigenvalue weighted by molar-refractivity contribution is 0.101. The third-order valence-electron chi connectivity index (χ3n) is 3.04. The number of aromatic nitrogens is 5. The minimum atomic E-state index is -0.672. The second kappa shape index (κ2) is 6.01. The number of amides is 1. The number of nitrogens with one attached hydrogen (secondary N) is 2. The van der Waals surface area contributed by atoms with Gasteiger partial charge in [-0.1, -0.05) is 11.6 Å². The highest BCUT2D eigenvalue weighted by Gasteiger charge is 2.16. The molecule has 0 atom stereocenters. The maximum atomic E-state index is 12.2. The van der Waals surface area contributed by atoms with Gasteiger partial charge in [-0.15, -0.1) is 0 Å². The van der Waals surface area contributed by atoms with Crippen molar-refractivity contribution in [2.45, 2.75) is 6.92 Å². The number of hydrogen-bond acceptors (Lipinski definition) is 5. The van der Waals surface area contributed by atoms with Crippen molar-refractivity contribution in [2.24, 2.45) is 0 Å². The zero-order valence-electron chi connectivity index (χ0n) is 11.9. The summed E-state index contributed by atoms with van der Waals surface area (Å²) in [6.07, 6.45) is 1.24. The summed E-state index contributed by atoms with van der Waals surface area (Å²) in [5.74, 6) is -0.538. The van der Waals surface area contributed by atoms with E-state index in [0.717, 1.165) is 0 Å². The van der Waals surface area contributed by atoms with Crippen LogP contribution in [-0.4, -0.2) is 30.9 Å². The van der Waals surface area contributed by atoms with Crippen LogP contribution >= 0.6 is 11.6 Å². The fourth-order valence-electron chi connectivity index (χ4n) is 1.98. The number of benzene rings is 1. The summed E-state index contributed by atoms with van der Waals surface area (Å²) < 4.78 is 1.49. The first kappa shape index (κ1) is 14.9. The van der Waals surface area contributed by atoms with Crippen LogP contribution in [0.1, 0.15) is 16.2 Å². The molecule has 0 aliphatic heterocycles. The molecule has 8 nitrogen and oxygen atoms in total. The van der Waals surface area contributed by atoms with E-state index >= 15 is 0 Å². The normalized spacial score (nSPS) is 10.5. The van der Waals surface area contributed by atoms with E-state index in [9.17, 15) is 9.59 Å². The average Bonchev–Trinajstić information content (AvgIpc) is 3.01. The Morgan fingerprint density at radius 1 is 1.30 bits per heavy atom. The van der Waals surface area contributed by atoms with Gasteiger partial charge < -0.3 is 0 Å². The van der Waals surface area contributed by atoms with Crippen LogP contribution in [0.3, 0.4) is 0 Å². The number of hydrogen-bond donors (Lipinski definition) is 2. The molecular formula is C14H11ClN6O2. The molecule has 0 aliphatic carbocycles. The monoisotopic (exact) mass is 330 g/mol. The molecular weight excluding hydrogens is 320 g/mol. The highest BCUT2D eigenvalue weighted by atomic mass is 35.5. The molecule has 1 amide bonds. The van der Waals surface area contributed by atoms with Gasteiger partial charge in [0.05, 0.1) is 5.69 Å². The predicted molar refractivity (Wildman–Crippen MR) is 83.9 cm³/mol. The number of rotatable bonds is 3. The quantitative estimate of drug-likeness (QED) is 0.758. The molecule has 0 saturated heterocycles. The van der Waals surface area contributed by atoms with Crippen LogP contribution in [0, 0.1) is 6.92 Å². The molecule has 116 valence electrons. The highest BCUT2D eigenvalue weighted by molar-refractivity contribution is 6.30. The van der Waals surface area contributed by atoms with Crippen molar-refractivity contribution in [3.63, 3.8) is 0 Å². The third kappa shape index (κ3) is 3.11. The van der Waals surface area contributed by atoms with Crippen molar-refractivity contribution in [3.05, 3.63) is 63.3 Å². The SMILES string of the molecule is Cc1cc(=O)c(C(=O)Nc2ncn[nH]2)nn1-c1ccc(Cl)cc1. The molecule has 1 aromatic carbocycles. The Morgan fingerprint density at radius 3 is 2.70 bits per heavy atom. The topological polar surface area (TPSA) is 106 Å². The van der Waals surface area contributed by atoms with E-state index in [-0.39, 0.29) is 11.6 Å². The fourth-order valence-corrected chi connectivity index (χ4v) is 2.11. The number of carbonyl (C=O) groups is 1. The lowest BCUT2D eigenvalue weighted by atomic mass is 10.2. The summed E-state index contributed by atoms with van der Waals surface area (Å²) >= 11 is 5.87. The van der Waals surface area contributed by atoms with Gasteiger partial charge in [-0.05, 0) is 31.2 Å². The van der Waals surface area contributed by atoms with Crippen LogP contribution in [0.4, 0.5) is 5.95 Å². The van der Waals surface area contributed by atoms with E-state index in [1.165, 1.54) is 17.1 Å². The Hall–Kier alpha value is -3.00. The van der Waals surface area contributed by atoms with Crippen molar-refractivity contribution >= 4 is 23.5 Å². The van der Waals surface area contributed by atoms with Gasteiger partial charge in [-0.25, -0.2) is 9.78 Å². The van der Waals surface area contributed by atoms with Crippen LogP contribution in [-0.2, 0) is 0 Å². The van der Waals surface area contributed by atoms with Crippen LogP contribution in [0.15, 0.2) is 41.5 Å². The molecule has 23 heavy (non-hydrogen) atoms. The number of halogens is 1. The number of anilines is 1. The second-order valence-corrected chi connectivity index (χ2v) is 5.11. The van der Waals surface area contributed by atoms with Gasteiger partial charge >= 0.3 is 0 Å². The maximum Gasteiger partial charge on any atom is 0.282 e. The van der Waals surface area contributed by atoms with Crippen molar-refractivity contribution < 1.29 is 4.79 Å². The Morgan fingerprint density at radius 2 is 2.04 bits per heavy atom. The van der Waals surface area contributed by atoms with Gasteiger partial charge in [-0.3, -0.25) is 14.9 Å². The second-order valence-electron chi connectivity index (χ2n) is 4.67. The zero-order chi connectivity index (χ0) is 16.4. The van der Waals surface area contributed by atoms with Gasteiger partial charge in [0.25, 0.3) is 5.91 Å². The molecule has 0 unspecified atom stereocenters. The molecule has 9 heteroatoms. The summed E-state index contributed by atoms with van der Waals surface area (Å²) in [6.45, 7) is 1.72. The average molecular weight is 331 g/mol. The van der Waals surface area contributed by atoms with Gasteiger partial charge in [0.1, 0.15) is 6.33 Å². The van der Waals surface area contributed by atoms with Crippen LogP contribution in [0.5, 0.6) is 0 Å². The first-order valence-electron chi connectivity index (χ1n) is 6.58. The largest absolute Gasteiger partial charge is 0.289 e. The lowest BCUT2D eigenvalue weighted by Crippen LogP contribution is -2.27. The molecule has 0 fully saturated rings. The van der Waals surface area contributed by atoms with E-state index in [4.69, 9.17) is 11.6 Å². The van der Waals surface area contributed by atoms with E-state index in [0.29, 0.717) is 16.4 Å². The maximum absolute atomic E-state index is 12.2. The van der Waals surface area contributed by atoms with E-state index < -0.39 is 11.3 Å². The fraction of sp³-hybridized carbons (Fsp3) is 0.0714. The van der Waals surface area contributed by atoms with Crippen molar-refractivity contribution in [2.75, 3.05) is 5.32 Å². The number of aryl methyl sites for hydroxylation is 1. The van der Waals surface area contributed by atoms with Crippen molar-refractivity contribution in [1.29, 1.82) is 0 Å². The Balaban J connectivity index is 2.01. The third-order valence-corrected chi connectivity index (χ3v) is 3.29. The minimum absolute atomic E-state index is 0.134. The smallest absolute Gasteiger partial charge is 0.282 e. The zero-order valence-corrected chi connectivity index (χ0v) is 12.7. The lowest BCUT2D eigenvalue weighted by Gasteiger charge is -2.11. The molecule has 0 spiro atoms. The summed E-state index contributed by atoms with van der Waals surface area (Å²) in [5.41, 5.74) is 0.542. The Labute approximate surface area is 135 Å². The van der Waals surface area contributed by atoms with Gasteiger partial charge in [0.15, 0.2) is 5.69 Å². The molecule has 0 aliphatic rings. The standard InChI is InChI=1S/C14H11ClN6O2/c1-8-6-11(22)12(13(23)18-14-16-7-17-19-14)20-21(8)10-4-2-9(15)3-5-10/h2-7H,1H3,(H2,16,17,18,19,23). The van der Waals surface area contributed by atoms with Gasteiger partial charge in [-0.2, -0.15) is 15.2 Å². The number of H-pyrrole nitrogens is 1.